The van der Waals surface area contributed by atoms with E-state index in [0.717, 1.165) is 40.8 Å². The van der Waals surface area contributed by atoms with E-state index < -0.39 is 5.60 Å². The zero-order valence-corrected chi connectivity index (χ0v) is 18.7. The minimum absolute atomic E-state index is 0.0692. The Morgan fingerprint density at radius 2 is 1.91 bits per heavy atom. The van der Waals surface area contributed by atoms with E-state index in [2.05, 4.69) is 4.98 Å². The van der Waals surface area contributed by atoms with E-state index in [0.29, 0.717) is 35.5 Å². The number of aliphatic hydroxyl groups is 1. The minimum atomic E-state index is -0.649. The molecule has 33 heavy (non-hydrogen) atoms. The Kier molecular flexibility index (Phi) is 3.64. The number of anilines is 1. The van der Waals surface area contributed by atoms with Crippen LogP contribution >= 0.6 is 0 Å². The quantitative estimate of drug-likeness (QED) is 0.500. The van der Waals surface area contributed by atoms with Crippen molar-refractivity contribution < 1.29 is 5.11 Å². The maximum Gasteiger partial charge on any atom is 0.258 e. The highest BCUT2D eigenvalue weighted by Crippen LogP contribution is 2.64. The van der Waals surface area contributed by atoms with Crippen LogP contribution in [0.1, 0.15) is 63.2 Å². The number of nitrogen functional groups attached to an aromatic ring is 1. The number of rotatable bonds is 3. The monoisotopic (exact) mass is 441 g/mol. The molecule has 0 amide bonds. The highest BCUT2D eigenvalue weighted by Gasteiger charge is 2.53. The first-order chi connectivity index (χ1) is 15.8. The van der Waals surface area contributed by atoms with E-state index >= 15 is 0 Å². The van der Waals surface area contributed by atoms with Crippen LogP contribution in [0.4, 0.5) is 5.82 Å². The van der Waals surface area contributed by atoms with Gasteiger partial charge in [0.15, 0.2) is 0 Å². The lowest BCUT2D eigenvalue weighted by molar-refractivity contribution is -0.0335. The highest BCUT2D eigenvalue weighted by molar-refractivity contribution is 5.91. The molecule has 0 saturated heterocycles. The van der Waals surface area contributed by atoms with E-state index in [1.807, 2.05) is 52.6 Å². The van der Waals surface area contributed by atoms with Gasteiger partial charge in [0.25, 0.3) is 5.56 Å². The summed E-state index contributed by atoms with van der Waals surface area (Å²) in [5.41, 5.74) is 8.61. The first kappa shape index (κ1) is 19.3. The Hall–Kier alpha value is -3.19. The fourth-order valence-corrected chi connectivity index (χ4v) is 6.17. The molecule has 3 N–H and O–H groups in total. The predicted molar refractivity (Wildman–Crippen MR) is 127 cm³/mol. The molecule has 168 valence electrons. The van der Waals surface area contributed by atoms with Gasteiger partial charge in [-0.25, -0.2) is 9.97 Å². The summed E-state index contributed by atoms with van der Waals surface area (Å²) < 4.78 is 3.92. The Morgan fingerprint density at radius 3 is 2.64 bits per heavy atom. The molecule has 7 nitrogen and oxygen atoms in total. The summed E-state index contributed by atoms with van der Waals surface area (Å²) >= 11 is 0. The first-order valence-corrected chi connectivity index (χ1v) is 11.8. The van der Waals surface area contributed by atoms with Gasteiger partial charge in [0.1, 0.15) is 22.9 Å². The molecule has 3 fully saturated rings. The van der Waals surface area contributed by atoms with Gasteiger partial charge >= 0.3 is 0 Å². The fraction of sp³-hybridized carbons (Fsp3) is 0.423. The number of hydrogen-bond acceptors (Lipinski definition) is 5. The average molecular weight is 442 g/mol. The number of pyridine rings is 1. The lowest BCUT2D eigenvalue weighted by Crippen LogP contribution is -2.40. The number of nitrogens with two attached hydrogens (primary N) is 1. The second-order valence-corrected chi connectivity index (χ2v) is 10.8. The second kappa shape index (κ2) is 6.23. The zero-order chi connectivity index (χ0) is 22.5. The normalized spacial score (nSPS) is 25.9. The van der Waals surface area contributed by atoms with Crippen molar-refractivity contribution in [3.63, 3.8) is 0 Å². The molecule has 7 heteroatoms. The lowest BCUT2D eigenvalue weighted by Gasteiger charge is -2.40. The molecule has 1 spiro atoms. The van der Waals surface area contributed by atoms with Crippen molar-refractivity contribution in [1.29, 1.82) is 0 Å². The third kappa shape index (κ3) is 2.81. The molecule has 3 heterocycles. The van der Waals surface area contributed by atoms with Crippen LogP contribution in [0.3, 0.4) is 0 Å². The van der Waals surface area contributed by atoms with Crippen LogP contribution in [0.5, 0.6) is 0 Å². The van der Waals surface area contributed by atoms with Gasteiger partial charge in [0.05, 0.1) is 5.60 Å². The van der Waals surface area contributed by atoms with Gasteiger partial charge in [-0.15, -0.1) is 0 Å². The minimum Gasteiger partial charge on any atom is -0.390 e. The van der Waals surface area contributed by atoms with Crippen molar-refractivity contribution in [3.8, 4) is 11.3 Å². The molecule has 4 aromatic rings. The molecule has 0 radical (unpaired) electrons. The smallest absolute Gasteiger partial charge is 0.258 e. The van der Waals surface area contributed by atoms with E-state index in [4.69, 9.17) is 10.7 Å². The van der Waals surface area contributed by atoms with Crippen molar-refractivity contribution in [2.75, 3.05) is 5.73 Å². The van der Waals surface area contributed by atoms with Crippen molar-refractivity contribution >= 4 is 22.1 Å². The highest BCUT2D eigenvalue weighted by atomic mass is 16.3. The summed E-state index contributed by atoms with van der Waals surface area (Å²) in [4.78, 5) is 22.7. The average Bonchev–Trinajstić information content (AvgIpc) is 3.46. The summed E-state index contributed by atoms with van der Waals surface area (Å²) in [6.45, 7) is 1.86. The van der Waals surface area contributed by atoms with Crippen LogP contribution < -0.4 is 11.3 Å². The van der Waals surface area contributed by atoms with E-state index in [1.165, 1.54) is 12.8 Å². The maximum absolute atomic E-state index is 13.4. The van der Waals surface area contributed by atoms with E-state index in [9.17, 15) is 9.90 Å². The van der Waals surface area contributed by atoms with Gasteiger partial charge in [-0.3, -0.25) is 9.20 Å². The largest absolute Gasteiger partial charge is 0.390 e. The molecule has 1 aromatic carbocycles. The number of hydrogen-bond donors (Lipinski definition) is 2. The number of fused-ring (bicyclic) bond motifs is 2. The third-order valence-electron chi connectivity index (χ3n) is 8.24. The Morgan fingerprint density at radius 1 is 1.12 bits per heavy atom. The van der Waals surface area contributed by atoms with Crippen LogP contribution in [0.25, 0.3) is 27.5 Å². The molecule has 3 aliphatic carbocycles. The topological polar surface area (TPSA) is 98.4 Å². The number of nitrogens with zero attached hydrogens (tertiary/aromatic N) is 4. The van der Waals surface area contributed by atoms with Crippen LogP contribution in [-0.4, -0.2) is 29.6 Å². The maximum atomic E-state index is 13.4. The number of aromatic nitrogens is 4. The summed E-state index contributed by atoms with van der Waals surface area (Å²) in [6, 6.07) is 8.31. The van der Waals surface area contributed by atoms with Crippen molar-refractivity contribution in [2.24, 2.45) is 5.41 Å². The molecule has 3 saturated carbocycles. The van der Waals surface area contributed by atoms with Crippen LogP contribution in [-0.2, 0) is 0 Å². The number of benzene rings is 1. The van der Waals surface area contributed by atoms with Crippen LogP contribution in [0, 0.1) is 5.41 Å². The van der Waals surface area contributed by atoms with Gasteiger partial charge in [0.2, 0.25) is 0 Å². The molecular weight excluding hydrogens is 414 g/mol. The first-order valence-electron chi connectivity index (χ1n) is 11.8. The van der Waals surface area contributed by atoms with Crippen molar-refractivity contribution in [2.45, 2.75) is 63.0 Å². The summed E-state index contributed by atoms with van der Waals surface area (Å²) in [6.07, 6.45) is 11.7. The van der Waals surface area contributed by atoms with Crippen LogP contribution in [0.15, 0.2) is 47.7 Å². The van der Waals surface area contributed by atoms with E-state index in [-0.39, 0.29) is 11.5 Å². The lowest BCUT2D eigenvalue weighted by atomic mass is 9.72. The van der Waals surface area contributed by atoms with E-state index in [1.54, 1.807) is 6.20 Å². The molecule has 3 aliphatic rings. The standard InChI is InChI=1S/C26H27N5O2/c1-25(33)11-17(12-25)23-29-20(21-22(27)28-7-9-31(21)23)16-3-2-15-4-8-30(24(32)19(15)10-16)18-13-26(14-18)5-6-26/h2-4,7-10,17-18,33H,5-6,11-14H2,1H3,(H2,27,28). The molecular formula is C26H27N5O2. The Labute approximate surface area is 190 Å². The Bertz CT molecular complexity index is 1490. The van der Waals surface area contributed by atoms with Gasteiger partial charge < -0.3 is 15.4 Å². The molecule has 0 unspecified atom stereocenters. The second-order valence-electron chi connectivity index (χ2n) is 10.8. The van der Waals surface area contributed by atoms with Crippen LogP contribution in [0.2, 0.25) is 0 Å². The summed E-state index contributed by atoms with van der Waals surface area (Å²) in [5, 5.41) is 11.9. The molecule has 3 aromatic heterocycles. The van der Waals surface area contributed by atoms with Gasteiger partial charge in [0, 0.05) is 41.5 Å². The Balaban J connectivity index is 1.36. The molecule has 7 rings (SSSR count). The van der Waals surface area contributed by atoms with Crippen molar-refractivity contribution in [3.05, 3.63) is 59.0 Å². The molecule has 0 aliphatic heterocycles. The zero-order valence-electron chi connectivity index (χ0n) is 18.7. The third-order valence-corrected chi connectivity index (χ3v) is 8.24. The molecule has 0 atom stereocenters. The van der Waals surface area contributed by atoms with Crippen molar-refractivity contribution in [1.82, 2.24) is 18.9 Å². The number of imidazole rings is 1. The SMILES string of the molecule is CC1(O)CC(c2nc(-c3ccc4ccn(C5CC6(CC6)C5)c(=O)c4c3)c3c(N)nccn23)C1. The van der Waals surface area contributed by atoms with Gasteiger partial charge in [-0.1, -0.05) is 12.1 Å². The predicted octanol–water partition coefficient (Wildman–Crippen LogP) is 4.04. The summed E-state index contributed by atoms with van der Waals surface area (Å²) in [7, 11) is 0. The summed E-state index contributed by atoms with van der Waals surface area (Å²) in [5.74, 6) is 1.46. The van der Waals surface area contributed by atoms with Gasteiger partial charge in [-0.2, -0.15) is 0 Å². The molecule has 0 bridgehead atoms. The van der Waals surface area contributed by atoms with Gasteiger partial charge in [-0.05, 0) is 68.4 Å². The fourth-order valence-electron chi connectivity index (χ4n) is 6.17.